The number of aromatic nitrogens is 2. The third kappa shape index (κ3) is 3.68. The van der Waals surface area contributed by atoms with Crippen molar-refractivity contribution in [3.8, 4) is 0 Å². The van der Waals surface area contributed by atoms with Crippen molar-refractivity contribution < 1.29 is 4.79 Å². The summed E-state index contributed by atoms with van der Waals surface area (Å²) in [6.07, 6.45) is 8.07. The van der Waals surface area contributed by atoms with Gasteiger partial charge in [0.05, 0.1) is 6.54 Å². The number of likely N-dealkylation sites (N-methyl/N-ethyl adjacent to an activating group) is 1. The summed E-state index contributed by atoms with van der Waals surface area (Å²) in [5, 5.41) is 7.45. The van der Waals surface area contributed by atoms with Crippen LogP contribution in [-0.2, 0) is 6.54 Å². The fraction of sp³-hybridized carbons (Fsp3) is 0.765. The van der Waals surface area contributed by atoms with Crippen molar-refractivity contribution in [2.24, 2.45) is 5.92 Å². The lowest BCUT2D eigenvalue weighted by Crippen LogP contribution is -2.44. The third-order valence-electron chi connectivity index (χ3n) is 5.23. The summed E-state index contributed by atoms with van der Waals surface area (Å²) < 4.78 is 1.88. The maximum Gasteiger partial charge on any atom is 0.323 e. The van der Waals surface area contributed by atoms with Gasteiger partial charge in [-0.3, -0.25) is 10.00 Å². The van der Waals surface area contributed by atoms with Crippen LogP contribution in [0.4, 0.5) is 10.6 Å². The molecule has 1 saturated carbocycles. The van der Waals surface area contributed by atoms with E-state index in [9.17, 15) is 4.79 Å². The van der Waals surface area contributed by atoms with Crippen molar-refractivity contribution in [1.82, 2.24) is 19.6 Å². The standard InChI is InChI=1S/C17H29N5O/c1-13-12-14-6-4-5-7-15(14)22(13)17(23)18-16-8-9-21(19-16)11-10-20(2)3/h8-9,13-15H,4-7,10-12H2,1-3H3,(H,18,19,23)/t13-,14-,15-/m1/s1. The Morgan fingerprint density at radius 3 is 2.96 bits per heavy atom. The van der Waals surface area contributed by atoms with Gasteiger partial charge >= 0.3 is 6.03 Å². The number of carbonyl (C=O) groups excluding carboxylic acids is 1. The van der Waals surface area contributed by atoms with Crippen molar-refractivity contribution in [3.05, 3.63) is 12.3 Å². The molecule has 0 bridgehead atoms. The van der Waals surface area contributed by atoms with Crippen LogP contribution in [0.25, 0.3) is 0 Å². The van der Waals surface area contributed by atoms with Gasteiger partial charge in [0, 0.05) is 30.9 Å². The molecule has 3 atom stereocenters. The maximum absolute atomic E-state index is 12.7. The second-order valence-electron chi connectivity index (χ2n) is 7.30. The minimum atomic E-state index is 0.0183. The highest BCUT2D eigenvalue weighted by molar-refractivity contribution is 5.89. The molecule has 2 fully saturated rings. The van der Waals surface area contributed by atoms with Crippen molar-refractivity contribution in [1.29, 1.82) is 0 Å². The molecule has 1 aromatic heterocycles. The van der Waals surface area contributed by atoms with Gasteiger partial charge in [-0.1, -0.05) is 12.8 Å². The molecule has 128 valence electrons. The molecule has 1 N–H and O–H groups in total. The minimum absolute atomic E-state index is 0.0183. The summed E-state index contributed by atoms with van der Waals surface area (Å²) in [5.41, 5.74) is 0. The molecule has 2 amide bonds. The van der Waals surface area contributed by atoms with Gasteiger partial charge < -0.3 is 9.80 Å². The van der Waals surface area contributed by atoms with Crippen LogP contribution in [-0.4, -0.2) is 58.3 Å². The monoisotopic (exact) mass is 319 g/mol. The lowest BCUT2D eigenvalue weighted by atomic mass is 9.85. The topological polar surface area (TPSA) is 53.4 Å². The largest absolute Gasteiger partial charge is 0.323 e. The molecule has 1 aliphatic carbocycles. The molecular weight excluding hydrogens is 290 g/mol. The number of nitrogens with one attached hydrogen (secondary N) is 1. The van der Waals surface area contributed by atoms with E-state index in [0.29, 0.717) is 23.8 Å². The number of carbonyl (C=O) groups is 1. The Morgan fingerprint density at radius 1 is 1.39 bits per heavy atom. The van der Waals surface area contributed by atoms with E-state index in [4.69, 9.17) is 0 Å². The highest BCUT2D eigenvalue weighted by Gasteiger charge is 2.42. The summed E-state index contributed by atoms with van der Waals surface area (Å²) in [6, 6.07) is 2.66. The average Bonchev–Trinajstić information content (AvgIpc) is 3.08. The van der Waals surface area contributed by atoms with Crippen molar-refractivity contribution >= 4 is 11.8 Å². The van der Waals surface area contributed by atoms with E-state index in [0.717, 1.165) is 25.9 Å². The Bertz CT molecular complexity index is 541. The van der Waals surface area contributed by atoms with Gasteiger partial charge in [-0.05, 0) is 46.2 Å². The van der Waals surface area contributed by atoms with Gasteiger partial charge in [0.2, 0.25) is 0 Å². The van der Waals surface area contributed by atoms with Crippen molar-refractivity contribution in [2.75, 3.05) is 26.0 Å². The lowest BCUT2D eigenvalue weighted by Gasteiger charge is -2.33. The molecule has 0 unspecified atom stereocenters. The Morgan fingerprint density at radius 2 is 2.17 bits per heavy atom. The normalized spacial score (nSPS) is 27.3. The number of hydrogen-bond donors (Lipinski definition) is 1. The zero-order valence-corrected chi connectivity index (χ0v) is 14.5. The molecule has 2 heterocycles. The van der Waals surface area contributed by atoms with Gasteiger partial charge in [0.1, 0.15) is 0 Å². The average molecular weight is 319 g/mol. The first-order valence-electron chi connectivity index (χ1n) is 8.82. The Hall–Kier alpha value is -1.56. The van der Waals surface area contributed by atoms with E-state index in [2.05, 4.69) is 27.1 Å². The van der Waals surface area contributed by atoms with E-state index in [1.807, 2.05) is 31.0 Å². The molecule has 6 heteroatoms. The molecule has 6 nitrogen and oxygen atoms in total. The summed E-state index contributed by atoms with van der Waals surface area (Å²) >= 11 is 0. The molecule has 23 heavy (non-hydrogen) atoms. The molecule has 1 aromatic rings. The number of urea groups is 1. The first-order chi connectivity index (χ1) is 11.0. The SMILES string of the molecule is C[C@@H]1C[C@H]2CCCC[C@H]2N1C(=O)Nc1ccn(CCN(C)C)n1. The van der Waals surface area contributed by atoms with Gasteiger partial charge in [-0.25, -0.2) is 4.79 Å². The van der Waals surface area contributed by atoms with E-state index >= 15 is 0 Å². The number of anilines is 1. The predicted molar refractivity (Wildman–Crippen MR) is 91.5 cm³/mol. The number of hydrogen-bond acceptors (Lipinski definition) is 3. The molecule has 0 spiro atoms. The zero-order valence-electron chi connectivity index (χ0n) is 14.5. The van der Waals surface area contributed by atoms with Crippen LogP contribution in [0.15, 0.2) is 12.3 Å². The molecular formula is C17H29N5O. The maximum atomic E-state index is 12.7. The van der Waals surface area contributed by atoms with Crippen LogP contribution in [0, 0.1) is 5.92 Å². The van der Waals surface area contributed by atoms with Gasteiger partial charge in [-0.2, -0.15) is 5.10 Å². The smallest absolute Gasteiger partial charge is 0.319 e. The van der Waals surface area contributed by atoms with Crippen molar-refractivity contribution in [3.63, 3.8) is 0 Å². The number of fused-ring (bicyclic) bond motifs is 1. The second kappa shape index (κ2) is 6.91. The second-order valence-corrected chi connectivity index (χ2v) is 7.30. The number of nitrogens with zero attached hydrogens (tertiary/aromatic N) is 4. The van der Waals surface area contributed by atoms with E-state index in [1.54, 1.807) is 0 Å². The van der Waals surface area contributed by atoms with E-state index < -0.39 is 0 Å². The number of amides is 2. The zero-order chi connectivity index (χ0) is 16.4. The Labute approximate surface area is 138 Å². The molecule has 1 saturated heterocycles. The van der Waals surface area contributed by atoms with Crippen LogP contribution >= 0.6 is 0 Å². The summed E-state index contributed by atoms with van der Waals surface area (Å²) in [5.74, 6) is 1.35. The Balaban J connectivity index is 1.60. The first-order valence-corrected chi connectivity index (χ1v) is 8.82. The Kier molecular flexibility index (Phi) is 4.90. The highest BCUT2D eigenvalue weighted by Crippen LogP contribution is 2.39. The van der Waals surface area contributed by atoms with Crippen LogP contribution in [0.3, 0.4) is 0 Å². The fourth-order valence-corrected chi connectivity index (χ4v) is 4.09. The first kappa shape index (κ1) is 16.3. The third-order valence-corrected chi connectivity index (χ3v) is 5.23. The molecule has 0 radical (unpaired) electrons. The van der Waals surface area contributed by atoms with Crippen LogP contribution in [0.5, 0.6) is 0 Å². The van der Waals surface area contributed by atoms with Gasteiger partial charge in [0.25, 0.3) is 0 Å². The molecule has 0 aromatic carbocycles. The van der Waals surface area contributed by atoms with E-state index in [-0.39, 0.29) is 6.03 Å². The minimum Gasteiger partial charge on any atom is -0.319 e. The van der Waals surface area contributed by atoms with Crippen LogP contribution < -0.4 is 5.32 Å². The quantitative estimate of drug-likeness (QED) is 0.928. The molecule has 1 aliphatic heterocycles. The predicted octanol–water partition coefficient (Wildman–Crippen LogP) is 2.63. The number of rotatable bonds is 4. The lowest BCUT2D eigenvalue weighted by molar-refractivity contribution is 0.168. The van der Waals surface area contributed by atoms with Crippen LogP contribution in [0.1, 0.15) is 39.0 Å². The van der Waals surface area contributed by atoms with Crippen LogP contribution in [0.2, 0.25) is 0 Å². The van der Waals surface area contributed by atoms with Crippen molar-refractivity contribution in [2.45, 2.75) is 57.7 Å². The highest BCUT2D eigenvalue weighted by atomic mass is 16.2. The van der Waals surface area contributed by atoms with Gasteiger partial charge in [-0.15, -0.1) is 0 Å². The fourth-order valence-electron chi connectivity index (χ4n) is 4.09. The molecule has 3 rings (SSSR count). The summed E-state index contributed by atoms with van der Waals surface area (Å²) in [7, 11) is 4.09. The van der Waals surface area contributed by atoms with E-state index in [1.165, 1.54) is 19.3 Å². The summed E-state index contributed by atoms with van der Waals surface area (Å²) in [4.78, 5) is 16.9. The van der Waals surface area contributed by atoms with Gasteiger partial charge in [0.15, 0.2) is 5.82 Å². The molecule has 2 aliphatic rings. The summed E-state index contributed by atoms with van der Waals surface area (Å²) in [6.45, 7) is 3.93. The number of likely N-dealkylation sites (tertiary alicyclic amines) is 1.